The van der Waals surface area contributed by atoms with Crippen LogP contribution in [0.3, 0.4) is 0 Å². The van der Waals surface area contributed by atoms with E-state index in [1.54, 1.807) is 19.4 Å². The van der Waals surface area contributed by atoms with Crippen molar-refractivity contribution >= 4 is 5.95 Å². The zero-order valence-electron chi connectivity index (χ0n) is 12.2. The number of aromatic amines is 1. The van der Waals surface area contributed by atoms with Gasteiger partial charge in [-0.25, -0.2) is 9.97 Å². The summed E-state index contributed by atoms with van der Waals surface area (Å²) >= 11 is 0. The molecule has 0 fully saturated rings. The summed E-state index contributed by atoms with van der Waals surface area (Å²) in [6, 6.07) is 11.6. The first kappa shape index (κ1) is 14.0. The molecule has 0 amide bonds. The minimum absolute atomic E-state index is 0.530. The highest BCUT2D eigenvalue weighted by molar-refractivity contribution is 5.53. The van der Waals surface area contributed by atoms with Crippen molar-refractivity contribution in [3.63, 3.8) is 0 Å². The lowest BCUT2D eigenvalue weighted by Crippen LogP contribution is -2.09. The van der Waals surface area contributed by atoms with Crippen LogP contribution in [0.25, 0.3) is 11.4 Å². The van der Waals surface area contributed by atoms with E-state index in [0.29, 0.717) is 30.6 Å². The number of H-pyrrole nitrogens is 1. The summed E-state index contributed by atoms with van der Waals surface area (Å²) in [6.07, 6.45) is 2.34. The molecule has 0 bridgehead atoms. The predicted octanol–water partition coefficient (Wildman–Crippen LogP) is 1.92. The third-order valence-corrected chi connectivity index (χ3v) is 3.05. The molecule has 2 heterocycles. The number of nitrogens with one attached hydrogen (secondary N) is 2. The molecule has 0 unspecified atom stereocenters. The van der Waals surface area contributed by atoms with Crippen molar-refractivity contribution in [1.82, 2.24) is 25.1 Å². The maximum absolute atomic E-state index is 5.05. The fourth-order valence-electron chi connectivity index (χ4n) is 1.96. The summed E-state index contributed by atoms with van der Waals surface area (Å²) in [4.78, 5) is 12.8. The molecule has 0 aliphatic rings. The fourth-order valence-corrected chi connectivity index (χ4v) is 1.96. The van der Waals surface area contributed by atoms with Gasteiger partial charge in [0.05, 0.1) is 7.11 Å². The summed E-state index contributed by atoms with van der Waals surface area (Å²) in [5.74, 6) is 2.58. The summed E-state index contributed by atoms with van der Waals surface area (Å²) in [5.41, 5.74) is 0.995. The van der Waals surface area contributed by atoms with Crippen LogP contribution in [0.2, 0.25) is 0 Å². The minimum Gasteiger partial charge on any atom is -0.481 e. The SMILES string of the molecule is COc1ccnc(NCCc2nc(-c3ccccc3)n[nH]2)n1. The Balaban J connectivity index is 1.57. The van der Waals surface area contributed by atoms with E-state index in [-0.39, 0.29) is 0 Å². The lowest BCUT2D eigenvalue weighted by Gasteiger charge is -2.04. The molecule has 0 saturated heterocycles. The van der Waals surface area contributed by atoms with Gasteiger partial charge >= 0.3 is 0 Å². The van der Waals surface area contributed by atoms with Gasteiger partial charge in [-0.1, -0.05) is 30.3 Å². The molecule has 22 heavy (non-hydrogen) atoms. The molecule has 0 aliphatic carbocycles. The molecule has 0 saturated carbocycles. The van der Waals surface area contributed by atoms with Crippen LogP contribution in [0.15, 0.2) is 42.6 Å². The molecule has 2 N–H and O–H groups in total. The predicted molar refractivity (Wildman–Crippen MR) is 82.6 cm³/mol. The smallest absolute Gasteiger partial charge is 0.225 e. The van der Waals surface area contributed by atoms with Crippen LogP contribution in [-0.2, 0) is 6.42 Å². The topological polar surface area (TPSA) is 88.6 Å². The van der Waals surface area contributed by atoms with Gasteiger partial charge in [0, 0.05) is 30.8 Å². The lowest BCUT2D eigenvalue weighted by atomic mass is 10.2. The van der Waals surface area contributed by atoms with E-state index >= 15 is 0 Å². The summed E-state index contributed by atoms with van der Waals surface area (Å²) < 4.78 is 5.05. The van der Waals surface area contributed by atoms with Crippen molar-refractivity contribution in [3.05, 3.63) is 48.4 Å². The Bertz CT molecular complexity index is 728. The Morgan fingerprint density at radius 2 is 2.00 bits per heavy atom. The maximum atomic E-state index is 5.05. The normalized spacial score (nSPS) is 10.4. The Morgan fingerprint density at radius 3 is 2.82 bits per heavy atom. The number of rotatable bonds is 6. The van der Waals surface area contributed by atoms with Crippen LogP contribution in [0.1, 0.15) is 5.82 Å². The minimum atomic E-state index is 0.530. The molecule has 2 aromatic heterocycles. The van der Waals surface area contributed by atoms with E-state index in [1.807, 2.05) is 30.3 Å². The Hall–Kier alpha value is -2.96. The van der Waals surface area contributed by atoms with Gasteiger partial charge in [0.15, 0.2) is 5.82 Å². The average molecular weight is 296 g/mol. The highest BCUT2D eigenvalue weighted by atomic mass is 16.5. The third-order valence-electron chi connectivity index (χ3n) is 3.05. The molecule has 1 aromatic carbocycles. The Morgan fingerprint density at radius 1 is 1.14 bits per heavy atom. The zero-order chi connectivity index (χ0) is 15.2. The van der Waals surface area contributed by atoms with Gasteiger partial charge in [0.1, 0.15) is 5.82 Å². The number of nitrogens with zero attached hydrogens (tertiary/aromatic N) is 4. The van der Waals surface area contributed by atoms with Gasteiger partial charge in [-0.3, -0.25) is 5.10 Å². The molecule has 112 valence electrons. The van der Waals surface area contributed by atoms with Crippen LogP contribution < -0.4 is 10.1 Å². The molecule has 3 rings (SSSR count). The number of methoxy groups -OCH3 is 1. The van der Waals surface area contributed by atoms with E-state index in [9.17, 15) is 0 Å². The second-order valence-corrected chi connectivity index (χ2v) is 4.57. The molecule has 7 heteroatoms. The molecular formula is C15H16N6O. The number of aromatic nitrogens is 5. The third kappa shape index (κ3) is 3.38. The number of ether oxygens (including phenoxy) is 1. The van der Waals surface area contributed by atoms with Gasteiger partial charge in [-0.15, -0.1) is 0 Å². The zero-order valence-corrected chi connectivity index (χ0v) is 12.2. The maximum Gasteiger partial charge on any atom is 0.225 e. The Labute approximate surface area is 127 Å². The average Bonchev–Trinajstić information content (AvgIpc) is 3.05. The largest absolute Gasteiger partial charge is 0.481 e. The van der Waals surface area contributed by atoms with Gasteiger partial charge in [0.25, 0.3) is 0 Å². The van der Waals surface area contributed by atoms with E-state index < -0.39 is 0 Å². The second kappa shape index (κ2) is 6.66. The molecule has 0 spiro atoms. The van der Waals surface area contributed by atoms with Crippen LogP contribution in [0, 0.1) is 0 Å². The number of anilines is 1. The van der Waals surface area contributed by atoms with E-state index in [0.717, 1.165) is 11.4 Å². The van der Waals surface area contributed by atoms with Crippen molar-refractivity contribution in [2.75, 3.05) is 19.0 Å². The molecule has 7 nitrogen and oxygen atoms in total. The van der Waals surface area contributed by atoms with Crippen LogP contribution in [-0.4, -0.2) is 38.8 Å². The number of benzene rings is 1. The fraction of sp³-hybridized carbons (Fsp3) is 0.200. The van der Waals surface area contributed by atoms with Gasteiger partial charge in [-0.2, -0.15) is 10.1 Å². The van der Waals surface area contributed by atoms with Crippen LogP contribution in [0.4, 0.5) is 5.95 Å². The van der Waals surface area contributed by atoms with Crippen molar-refractivity contribution in [1.29, 1.82) is 0 Å². The Kier molecular flexibility index (Phi) is 4.24. The quantitative estimate of drug-likeness (QED) is 0.722. The molecule has 0 radical (unpaired) electrons. The molecule has 0 atom stereocenters. The van der Waals surface area contributed by atoms with Crippen molar-refractivity contribution in [3.8, 4) is 17.3 Å². The van der Waals surface area contributed by atoms with Crippen molar-refractivity contribution in [2.24, 2.45) is 0 Å². The van der Waals surface area contributed by atoms with Crippen LogP contribution >= 0.6 is 0 Å². The van der Waals surface area contributed by atoms with E-state index in [1.165, 1.54) is 0 Å². The van der Waals surface area contributed by atoms with Crippen molar-refractivity contribution in [2.45, 2.75) is 6.42 Å². The van der Waals surface area contributed by atoms with Gasteiger partial charge in [0.2, 0.25) is 11.8 Å². The van der Waals surface area contributed by atoms with Gasteiger partial charge in [-0.05, 0) is 0 Å². The molecular weight excluding hydrogens is 280 g/mol. The highest BCUT2D eigenvalue weighted by Crippen LogP contribution is 2.13. The van der Waals surface area contributed by atoms with Gasteiger partial charge < -0.3 is 10.1 Å². The lowest BCUT2D eigenvalue weighted by molar-refractivity contribution is 0.397. The summed E-state index contributed by atoms with van der Waals surface area (Å²) in [5, 5.41) is 10.3. The monoisotopic (exact) mass is 296 g/mol. The summed E-state index contributed by atoms with van der Waals surface area (Å²) in [6.45, 7) is 0.649. The summed E-state index contributed by atoms with van der Waals surface area (Å²) in [7, 11) is 1.58. The van der Waals surface area contributed by atoms with E-state index in [4.69, 9.17) is 4.74 Å². The first-order valence-electron chi connectivity index (χ1n) is 6.93. The van der Waals surface area contributed by atoms with E-state index in [2.05, 4.69) is 30.5 Å². The standard InChI is InChI=1S/C15H16N6O/c1-22-13-8-10-17-15(19-13)16-9-7-12-18-14(21-20-12)11-5-3-2-4-6-11/h2-6,8,10H,7,9H2,1H3,(H,16,17,19)(H,18,20,21). The first-order valence-corrected chi connectivity index (χ1v) is 6.93. The highest BCUT2D eigenvalue weighted by Gasteiger charge is 2.05. The van der Waals surface area contributed by atoms with Crippen molar-refractivity contribution < 1.29 is 4.74 Å². The van der Waals surface area contributed by atoms with Crippen LogP contribution in [0.5, 0.6) is 5.88 Å². The second-order valence-electron chi connectivity index (χ2n) is 4.57. The molecule has 3 aromatic rings. The number of hydrogen-bond donors (Lipinski definition) is 2. The molecule has 0 aliphatic heterocycles. The first-order chi connectivity index (χ1) is 10.8. The number of hydrogen-bond acceptors (Lipinski definition) is 6.